The number of benzene rings is 1. The summed E-state index contributed by atoms with van der Waals surface area (Å²) in [7, 11) is 0. The van der Waals surface area contributed by atoms with Crippen molar-refractivity contribution in [3.05, 3.63) is 47.3 Å². The molecule has 5 amide bonds. The third-order valence-corrected chi connectivity index (χ3v) is 9.21. The van der Waals surface area contributed by atoms with E-state index < -0.39 is 29.7 Å². The van der Waals surface area contributed by atoms with E-state index in [2.05, 4.69) is 22.7 Å². The summed E-state index contributed by atoms with van der Waals surface area (Å²) >= 11 is 0. The smallest absolute Gasteiger partial charge is 0.264 e. The van der Waals surface area contributed by atoms with Crippen molar-refractivity contribution >= 4 is 35.2 Å². The van der Waals surface area contributed by atoms with Gasteiger partial charge in [-0.05, 0) is 44.2 Å². The van der Waals surface area contributed by atoms with Crippen LogP contribution in [0, 0.1) is 5.41 Å². The standard InChI is InChI=1S/C30H36N6O5/c1-30(12-3-2-4-13-30)29(41)34-14-10-20(11-15-34)35-18-19(17-32-35)16-31-22-7-5-6-21-25(22)28(40)36(27(21)39)23-8-9-24(37)33-26(23)38/h5-7,17-18,20,23,31H,2-4,8-16H2,1H3,(H,33,37,38). The number of carbonyl (C=O) groups is 5. The molecule has 1 aromatic carbocycles. The average molecular weight is 561 g/mol. The van der Waals surface area contributed by atoms with Crippen molar-refractivity contribution in [3.63, 3.8) is 0 Å². The van der Waals surface area contributed by atoms with Gasteiger partial charge in [-0.3, -0.25) is 38.9 Å². The number of imide groups is 2. The lowest BCUT2D eigenvalue weighted by molar-refractivity contribution is -0.144. The highest BCUT2D eigenvalue weighted by atomic mass is 16.2. The third-order valence-electron chi connectivity index (χ3n) is 9.21. The predicted octanol–water partition coefficient (Wildman–Crippen LogP) is 3.03. The van der Waals surface area contributed by atoms with Crippen LogP contribution in [-0.4, -0.2) is 68.2 Å². The van der Waals surface area contributed by atoms with Gasteiger partial charge in [0.05, 0.1) is 23.4 Å². The van der Waals surface area contributed by atoms with Crippen molar-refractivity contribution < 1.29 is 24.0 Å². The normalized spacial score (nSPS) is 23.0. The molecule has 2 aromatic rings. The number of hydrogen-bond acceptors (Lipinski definition) is 7. The SMILES string of the molecule is CC1(C(=O)N2CCC(n3cc(CNc4cccc5c4C(=O)N(C4CCC(=O)NC4=O)C5=O)cn3)CC2)CCCCC1. The van der Waals surface area contributed by atoms with Crippen LogP contribution < -0.4 is 10.6 Å². The molecule has 4 heterocycles. The fourth-order valence-electron chi connectivity index (χ4n) is 6.79. The summed E-state index contributed by atoms with van der Waals surface area (Å²) in [5.74, 6) is -1.80. The van der Waals surface area contributed by atoms with Crippen LogP contribution in [0.4, 0.5) is 5.69 Å². The summed E-state index contributed by atoms with van der Waals surface area (Å²) in [4.78, 5) is 66.6. The Hall–Kier alpha value is -4.02. The molecule has 1 saturated carbocycles. The van der Waals surface area contributed by atoms with E-state index in [-0.39, 0.29) is 35.4 Å². The summed E-state index contributed by atoms with van der Waals surface area (Å²) in [5.41, 5.74) is 1.70. The first kappa shape index (κ1) is 27.2. The van der Waals surface area contributed by atoms with E-state index in [9.17, 15) is 24.0 Å². The van der Waals surface area contributed by atoms with Gasteiger partial charge in [0, 0.05) is 48.9 Å². The van der Waals surface area contributed by atoms with Gasteiger partial charge in [-0.25, -0.2) is 0 Å². The fourth-order valence-corrected chi connectivity index (χ4v) is 6.79. The third kappa shape index (κ3) is 5.02. The molecule has 1 aromatic heterocycles. The van der Waals surface area contributed by atoms with Crippen molar-refractivity contribution in [1.29, 1.82) is 0 Å². The molecule has 2 N–H and O–H groups in total. The van der Waals surface area contributed by atoms with Crippen LogP contribution in [0.25, 0.3) is 0 Å². The Morgan fingerprint density at radius 2 is 1.80 bits per heavy atom. The van der Waals surface area contributed by atoms with Crippen molar-refractivity contribution in [2.45, 2.75) is 83.3 Å². The molecule has 1 unspecified atom stereocenters. The number of amides is 5. The number of piperidine rings is 2. The Balaban J connectivity index is 1.08. The number of carbonyl (C=O) groups excluding carboxylic acids is 5. The number of hydrogen-bond donors (Lipinski definition) is 2. The van der Waals surface area contributed by atoms with E-state index in [0.29, 0.717) is 18.1 Å². The quantitative estimate of drug-likeness (QED) is 0.519. The van der Waals surface area contributed by atoms with Gasteiger partial charge in [0.2, 0.25) is 17.7 Å². The minimum Gasteiger partial charge on any atom is -0.380 e. The van der Waals surface area contributed by atoms with Crippen molar-refractivity contribution in [1.82, 2.24) is 24.9 Å². The zero-order valence-corrected chi connectivity index (χ0v) is 23.4. The summed E-state index contributed by atoms with van der Waals surface area (Å²) in [6, 6.07) is 4.23. The number of nitrogens with zero attached hydrogens (tertiary/aromatic N) is 4. The van der Waals surface area contributed by atoms with E-state index in [4.69, 9.17) is 0 Å². The zero-order valence-electron chi connectivity index (χ0n) is 23.4. The topological polar surface area (TPSA) is 134 Å². The average Bonchev–Trinajstić information content (AvgIpc) is 3.55. The maximum Gasteiger partial charge on any atom is 0.264 e. The number of anilines is 1. The molecule has 2 saturated heterocycles. The summed E-state index contributed by atoms with van der Waals surface area (Å²) in [6.45, 7) is 4.00. The van der Waals surface area contributed by atoms with E-state index in [1.165, 1.54) is 6.42 Å². The van der Waals surface area contributed by atoms with Crippen molar-refractivity contribution in [2.75, 3.05) is 18.4 Å². The summed E-state index contributed by atoms with van der Waals surface area (Å²) in [5, 5.41) is 10.1. The van der Waals surface area contributed by atoms with Crippen LogP contribution in [0.1, 0.15) is 97.0 Å². The maximum absolute atomic E-state index is 13.3. The van der Waals surface area contributed by atoms with Crippen LogP contribution in [0.2, 0.25) is 0 Å². The second-order valence-corrected chi connectivity index (χ2v) is 12.0. The molecular weight excluding hydrogens is 524 g/mol. The molecule has 11 heteroatoms. The minimum absolute atomic E-state index is 0.0770. The van der Waals surface area contributed by atoms with E-state index in [1.54, 1.807) is 24.4 Å². The predicted molar refractivity (Wildman–Crippen MR) is 149 cm³/mol. The Labute approximate surface area is 238 Å². The van der Waals surface area contributed by atoms with Gasteiger partial charge in [0.25, 0.3) is 11.8 Å². The summed E-state index contributed by atoms with van der Waals surface area (Å²) < 4.78 is 1.97. The van der Waals surface area contributed by atoms with Crippen LogP contribution in [0.5, 0.6) is 0 Å². The van der Waals surface area contributed by atoms with Crippen molar-refractivity contribution in [2.24, 2.45) is 5.41 Å². The fraction of sp³-hybridized carbons (Fsp3) is 0.533. The minimum atomic E-state index is -1.00. The largest absolute Gasteiger partial charge is 0.380 e. The second kappa shape index (κ2) is 10.8. The van der Waals surface area contributed by atoms with Gasteiger partial charge in [-0.15, -0.1) is 0 Å². The first-order chi connectivity index (χ1) is 19.7. The lowest BCUT2D eigenvalue weighted by Crippen LogP contribution is -2.54. The van der Waals surface area contributed by atoms with Crippen LogP contribution in [0.15, 0.2) is 30.6 Å². The van der Waals surface area contributed by atoms with Crippen LogP contribution in [-0.2, 0) is 20.9 Å². The van der Waals surface area contributed by atoms with E-state index in [0.717, 1.165) is 62.1 Å². The zero-order chi connectivity index (χ0) is 28.7. The molecule has 3 fully saturated rings. The van der Waals surface area contributed by atoms with E-state index in [1.807, 2.05) is 15.8 Å². The maximum atomic E-state index is 13.3. The molecule has 41 heavy (non-hydrogen) atoms. The monoisotopic (exact) mass is 560 g/mol. The molecule has 1 aliphatic carbocycles. The number of aromatic nitrogens is 2. The molecule has 11 nitrogen and oxygen atoms in total. The lowest BCUT2D eigenvalue weighted by Gasteiger charge is -2.40. The molecule has 6 rings (SSSR count). The molecule has 4 aliphatic rings. The van der Waals surface area contributed by atoms with E-state index >= 15 is 0 Å². The van der Waals surface area contributed by atoms with Crippen LogP contribution >= 0.6 is 0 Å². The first-order valence-corrected chi connectivity index (χ1v) is 14.7. The number of nitrogens with one attached hydrogen (secondary N) is 2. The lowest BCUT2D eigenvalue weighted by atomic mass is 9.74. The highest BCUT2D eigenvalue weighted by Crippen LogP contribution is 2.38. The molecule has 0 bridgehead atoms. The highest BCUT2D eigenvalue weighted by Gasteiger charge is 2.45. The highest BCUT2D eigenvalue weighted by molar-refractivity contribution is 6.25. The second-order valence-electron chi connectivity index (χ2n) is 12.0. The number of rotatable bonds is 6. The van der Waals surface area contributed by atoms with Crippen molar-refractivity contribution in [3.8, 4) is 0 Å². The van der Waals surface area contributed by atoms with Gasteiger partial charge in [0.1, 0.15) is 6.04 Å². The van der Waals surface area contributed by atoms with Gasteiger partial charge < -0.3 is 10.2 Å². The number of fused-ring (bicyclic) bond motifs is 1. The van der Waals surface area contributed by atoms with Gasteiger partial charge in [0.15, 0.2) is 0 Å². The Bertz CT molecular complexity index is 1400. The molecule has 1 atom stereocenters. The molecule has 0 spiro atoms. The number of likely N-dealkylation sites (tertiary alicyclic amines) is 1. The Kier molecular flexibility index (Phi) is 7.13. The van der Waals surface area contributed by atoms with Gasteiger partial charge in [-0.1, -0.05) is 32.3 Å². The molecule has 216 valence electrons. The Morgan fingerprint density at radius 1 is 1.05 bits per heavy atom. The van der Waals surface area contributed by atoms with Gasteiger partial charge >= 0.3 is 0 Å². The van der Waals surface area contributed by atoms with Gasteiger partial charge in [-0.2, -0.15) is 5.10 Å². The molecule has 0 radical (unpaired) electrons. The molecule has 3 aliphatic heterocycles. The summed E-state index contributed by atoms with van der Waals surface area (Å²) in [6.07, 6.45) is 11.2. The molecular formula is C30H36N6O5. The first-order valence-electron chi connectivity index (χ1n) is 14.7. The van der Waals surface area contributed by atoms with Crippen LogP contribution in [0.3, 0.4) is 0 Å². The Morgan fingerprint density at radius 3 is 2.54 bits per heavy atom.